The summed E-state index contributed by atoms with van der Waals surface area (Å²) in [6.45, 7) is 1.92. The van der Waals surface area contributed by atoms with Crippen molar-refractivity contribution in [2.45, 2.75) is 13.0 Å². The molecule has 0 spiro atoms. The second kappa shape index (κ2) is 6.68. The molecule has 2 aromatic rings. The van der Waals surface area contributed by atoms with E-state index in [9.17, 15) is 4.39 Å². The molecule has 0 fully saturated rings. The zero-order valence-corrected chi connectivity index (χ0v) is 12.9. The summed E-state index contributed by atoms with van der Waals surface area (Å²) in [6, 6.07) is 10.2. The fourth-order valence-corrected chi connectivity index (χ4v) is 2.28. The fraction of sp³-hybridized carbons (Fsp3) is 0.250. The predicted molar refractivity (Wildman–Crippen MR) is 83.0 cm³/mol. The number of nitrogens with one attached hydrogen (secondary N) is 1. The summed E-state index contributed by atoms with van der Waals surface area (Å²) in [5.41, 5.74) is 1.26. The molecule has 5 heteroatoms. The molecular weight excluding hydrogens is 293 g/mol. The third kappa shape index (κ3) is 3.39. The van der Waals surface area contributed by atoms with E-state index in [0.29, 0.717) is 17.2 Å². The molecule has 0 saturated heterocycles. The number of halogens is 2. The van der Waals surface area contributed by atoms with E-state index in [1.807, 2.05) is 19.1 Å². The Kier molecular flexibility index (Phi) is 4.91. The Balaban J connectivity index is 2.28. The summed E-state index contributed by atoms with van der Waals surface area (Å²) >= 11 is 5.79. The first-order valence-corrected chi connectivity index (χ1v) is 6.87. The van der Waals surface area contributed by atoms with Crippen LogP contribution in [0.2, 0.25) is 5.02 Å². The van der Waals surface area contributed by atoms with Crippen LogP contribution in [0.4, 0.5) is 10.1 Å². The van der Waals surface area contributed by atoms with Gasteiger partial charge < -0.3 is 14.8 Å². The Morgan fingerprint density at radius 2 is 1.90 bits per heavy atom. The van der Waals surface area contributed by atoms with E-state index < -0.39 is 5.82 Å². The molecule has 1 N–H and O–H groups in total. The maximum absolute atomic E-state index is 13.9. The van der Waals surface area contributed by atoms with Crippen LogP contribution in [0, 0.1) is 5.82 Å². The summed E-state index contributed by atoms with van der Waals surface area (Å²) in [7, 11) is 3.18. The molecule has 1 atom stereocenters. The fourth-order valence-electron chi connectivity index (χ4n) is 2.10. The smallest absolute Gasteiger partial charge is 0.164 e. The second-order valence-corrected chi connectivity index (χ2v) is 4.98. The van der Waals surface area contributed by atoms with E-state index in [2.05, 4.69) is 5.32 Å². The SMILES string of the molecule is COc1ccc(C(C)Nc2cccc(Cl)c2F)c(OC)c1. The maximum atomic E-state index is 13.9. The van der Waals surface area contributed by atoms with Crippen molar-refractivity contribution in [1.29, 1.82) is 0 Å². The topological polar surface area (TPSA) is 30.5 Å². The first kappa shape index (κ1) is 15.4. The highest BCUT2D eigenvalue weighted by molar-refractivity contribution is 6.31. The molecule has 2 aromatic carbocycles. The van der Waals surface area contributed by atoms with Crippen LogP contribution in [0.3, 0.4) is 0 Å². The van der Waals surface area contributed by atoms with Gasteiger partial charge in [0.15, 0.2) is 5.82 Å². The third-order valence-electron chi connectivity index (χ3n) is 3.23. The van der Waals surface area contributed by atoms with Crippen LogP contribution < -0.4 is 14.8 Å². The minimum atomic E-state index is -0.460. The number of rotatable bonds is 5. The predicted octanol–water partition coefficient (Wildman–Crippen LogP) is 4.67. The van der Waals surface area contributed by atoms with Crippen molar-refractivity contribution in [3.8, 4) is 11.5 Å². The summed E-state index contributed by atoms with van der Waals surface area (Å²) in [4.78, 5) is 0. The van der Waals surface area contributed by atoms with Gasteiger partial charge in [0.25, 0.3) is 0 Å². The summed E-state index contributed by atoms with van der Waals surface area (Å²) in [6.07, 6.45) is 0. The molecule has 21 heavy (non-hydrogen) atoms. The van der Waals surface area contributed by atoms with E-state index >= 15 is 0 Å². The monoisotopic (exact) mass is 309 g/mol. The molecule has 2 rings (SSSR count). The zero-order valence-electron chi connectivity index (χ0n) is 12.1. The van der Waals surface area contributed by atoms with E-state index in [1.54, 1.807) is 32.4 Å². The van der Waals surface area contributed by atoms with Gasteiger partial charge in [-0.2, -0.15) is 0 Å². The summed E-state index contributed by atoms with van der Waals surface area (Å²) in [5.74, 6) is 0.923. The van der Waals surface area contributed by atoms with Gasteiger partial charge in [0, 0.05) is 11.6 Å². The van der Waals surface area contributed by atoms with Gasteiger partial charge in [-0.3, -0.25) is 0 Å². The lowest BCUT2D eigenvalue weighted by Gasteiger charge is -2.19. The average molecular weight is 310 g/mol. The zero-order chi connectivity index (χ0) is 15.4. The van der Waals surface area contributed by atoms with Gasteiger partial charge in [0.1, 0.15) is 11.5 Å². The number of benzene rings is 2. The van der Waals surface area contributed by atoms with Gasteiger partial charge in [0.2, 0.25) is 0 Å². The maximum Gasteiger partial charge on any atom is 0.164 e. The quantitative estimate of drug-likeness (QED) is 0.870. The van der Waals surface area contributed by atoms with Crippen molar-refractivity contribution in [1.82, 2.24) is 0 Å². The highest BCUT2D eigenvalue weighted by Crippen LogP contribution is 2.32. The molecule has 0 radical (unpaired) electrons. The number of hydrogen-bond donors (Lipinski definition) is 1. The first-order chi connectivity index (χ1) is 10.1. The van der Waals surface area contributed by atoms with Gasteiger partial charge >= 0.3 is 0 Å². The molecule has 0 bridgehead atoms. The van der Waals surface area contributed by atoms with Crippen molar-refractivity contribution >= 4 is 17.3 Å². The number of anilines is 1. The van der Waals surface area contributed by atoms with Gasteiger partial charge in [0.05, 0.1) is 31.0 Å². The lowest BCUT2D eigenvalue weighted by Crippen LogP contribution is -2.09. The van der Waals surface area contributed by atoms with Crippen LogP contribution >= 0.6 is 11.6 Å². The molecule has 0 aliphatic carbocycles. The first-order valence-electron chi connectivity index (χ1n) is 6.49. The largest absolute Gasteiger partial charge is 0.497 e. The van der Waals surface area contributed by atoms with Crippen LogP contribution in [0.1, 0.15) is 18.5 Å². The minimum Gasteiger partial charge on any atom is -0.497 e. The lowest BCUT2D eigenvalue weighted by molar-refractivity contribution is 0.390. The third-order valence-corrected chi connectivity index (χ3v) is 3.52. The van der Waals surface area contributed by atoms with E-state index in [0.717, 1.165) is 5.56 Å². The molecule has 3 nitrogen and oxygen atoms in total. The number of methoxy groups -OCH3 is 2. The number of ether oxygens (including phenoxy) is 2. The van der Waals surface area contributed by atoms with Gasteiger partial charge in [-0.25, -0.2) is 4.39 Å². The summed E-state index contributed by atoms with van der Waals surface area (Å²) < 4.78 is 24.5. The second-order valence-electron chi connectivity index (χ2n) is 4.58. The van der Waals surface area contributed by atoms with Crippen LogP contribution in [-0.2, 0) is 0 Å². The Hall–Kier alpha value is -1.94. The van der Waals surface area contributed by atoms with Crippen LogP contribution in [-0.4, -0.2) is 14.2 Å². The molecule has 0 aromatic heterocycles. The molecule has 0 heterocycles. The van der Waals surface area contributed by atoms with Crippen molar-refractivity contribution in [2.24, 2.45) is 0 Å². The lowest BCUT2D eigenvalue weighted by atomic mass is 10.1. The van der Waals surface area contributed by atoms with Gasteiger partial charge in [-0.15, -0.1) is 0 Å². The van der Waals surface area contributed by atoms with Crippen LogP contribution in [0.15, 0.2) is 36.4 Å². The van der Waals surface area contributed by atoms with Crippen molar-refractivity contribution in [3.05, 3.63) is 52.8 Å². The Morgan fingerprint density at radius 1 is 1.14 bits per heavy atom. The highest BCUT2D eigenvalue weighted by atomic mass is 35.5. The van der Waals surface area contributed by atoms with Gasteiger partial charge in [-0.1, -0.05) is 17.7 Å². The van der Waals surface area contributed by atoms with Gasteiger partial charge in [-0.05, 0) is 31.2 Å². The van der Waals surface area contributed by atoms with Crippen molar-refractivity contribution < 1.29 is 13.9 Å². The van der Waals surface area contributed by atoms with E-state index in [4.69, 9.17) is 21.1 Å². The molecule has 0 amide bonds. The standard InChI is InChI=1S/C16H17ClFNO2/c1-10(19-14-6-4-5-13(17)16(14)18)12-8-7-11(20-2)9-15(12)21-3/h4-10,19H,1-3H3. The van der Waals surface area contributed by atoms with Crippen molar-refractivity contribution in [2.75, 3.05) is 19.5 Å². The van der Waals surface area contributed by atoms with Crippen LogP contribution in [0.25, 0.3) is 0 Å². The molecule has 0 saturated carbocycles. The van der Waals surface area contributed by atoms with E-state index in [-0.39, 0.29) is 11.1 Å². The number of hydrogen-bond acceptors (Lipinski definition) is 3. The molecule has 1 unspecified atom stereocenters. The molecule has 0 aliphatic rings. The van der Waals surface area contributed by atoms with E-state index in [1.165, 1.54) is 6.07 Å². The Bertz CT molecular complexity index is 634. The highest BCUT2D eigenvalue weighted by Gasteiger charge is 2.15. The Morgan fingerprint density at radius 3 is 2.57 bits per heavy atom. The Labute approximate surface area is 128 Å². The average Bonchev–Trinajstić information content (AvgIpc) is 2.51. The molecule has 0 aliphatic heterocycles. The summed E-state index contributed by atoms with van der Waals surface area (Å²) in [5, 5.41) is 3.19. The normalized spacial score (nSPS) is 11.9. The minimum absolute atomic E-state index is 0.0916. The van der Waals surface area contributed by atoms with Crippen molar-refractivity contribution in [3.63, 3.8) is 0 Å². The van der Waals surface area contributed by atoms with Crippen LogP contribution in [0.5, 0.6) is 11.5 Å². The molecular formula is C16H17ClFNO2. The molecule has 112 valence electrons.